The molecule has 1 rings (SSSR count). The average Bonchev–Trinajstić information content (AvgIpc) is 2.45. The van der Waals surface area contributed by atoms with Gasteiger partial charge in [0.25, 0.3) is 0 Å². The van der Waals surface area contributed by atoms with Crippen molar-refractivity contribution >= 4 is 24.1 Å². The van der Waals surface area contributed by atoms with Gasteiger partial charge in [-0.25, -0.2) is 4.79 Å². The van der Waals surface area contributed by atoms with Crippen molar-refractivity contribution in [3.63, 3.8) is 0 Å². The average molecular weight is 295 g/mol. The van der Waals surface area contributed by atoms with Gasteiger partial charge in [0.2, 0.25) is 0 Å². The van der Waals surface area contributed by atoms with E-state index in [2.05, 4.69) is 19.1 Å². The first kappa shape index (κ1) is 16.6. The highest BCUT2D eigenvalue weighted by atomic mass is 32.2. The highest BCUT2D eigenvalue weighted by molar-refractivity contribution is 8.00. The molecule has 0 bridgehead atoms. The molecule has 0 aromatic heterocycles. The van der Waals surface area contributed by atoms with Crippen molar-refractivity contribution in [2.45, 2.75) is 30.9 Å². The number of primary amides is 1. The van der Waals surface area contributed by atoms with Crippen molar-refractivity contribution in [2.75, 3.05) is 12.4 Å². The smallest absolute Gasteiger partial charge is 0.404 e. The first-order valence-electron chi connectivity index (χ1n) is 6.66. The predicted octanol–water partition coefficient (Wildman–Crippen LogP) is 2.97. The fraction of sp³-hybridized carbons (Fsp3) is 0.467. The van der Waals surface area contributed by atoms with Crippen molar-refractivity contribution in [1.82, 2.24) is 0 Å². The lowest BCUT2D eigenvalue weighted by molar-refractivity contribution is -0.105. The summed E-state index contributed by atoms with van der Waals surface area (Å²) in [5, 5.41) is 0.273. The fourth-order valence-electron chi connectivity index (χ4n) is 2.05. The van der Waals surface area contributed by atoms with E-state index >= 15 is 0 Å². The number of nitrogens with two attached hydrogens (primary N) is 1. The van der Waals surface area contributed by atoms with E-state index < -0.39 is 6.09 Å². The number of benzene rings is 1. The van der Waals surface area contributed by atoms with Gasteiger partial charge < -0.3 is 15.3 Å². The first-order valence-corrected chi connectivity index (χ1v) is 7.70. The molecular weight excluding hydrogens is 274 g/mol. The molecule has 0 fully saturated rings. The van der Waals surface area contributed by atoms with E-state index in [1.54, 1.807) is 11.8 Å². The summed E-state index contributed by atoms with van der Waals surface area (Å²) in [5.74, 6) is 0.858. The van der Waals surface area contributed by atoms with Crippen LogP contribution in [0, 0.1) is 0 Å². The molecule has 1 aromatic carbocycles. The van der Waals surface area contributed by atoms with Crippen molar-refractivity contribution in [3.8, 4) is 0 Å². The maximum atomic E-state index is 10.6. The van der Waals surface area contributed by atoms with Crippen molar-refractivity contribution < 1.29 is 14.3 Å². The minimum absolute atomic E-state index is 0.273. The quantitative estimate of drug-likeness (QED) is 0.711. The number of aldehydes is 1. The number of thioether (sulfide) groups is 1. The Kier molecular flexibility index (Phi) is 7.80. The van der Waals surface area contributed by atoms with Crippen molar-refractivity contribution in [3.05, 3.63) is 35.9 Å². The zero-order valence-corrected chi connectivity index (χ0v) is 12.5. The van der Waals surface area contributed by atoms with Gasteiger partial charge in [-0.2, -0.15) is 11.8 Å². The van der Waals surface area contributed by atoms with Gasteiger partial charge >= 0.3 is 6.09 Å². The Hall–Kier alpha value is -1.49. The van der Waals surface area contributed by atoms with E-state index in [9.17, 15) is 9.59 Å². The van der Waals surface area contributed by atoms with Crippen molar-refractivity contribution in [1.29, 1.82) is 0 Å². The normalized spacial score (nSPS) is 13.4. The number of hydrogen-bond donors (Lipinski definition) is 1. The third-order valence-corrected chi connectivity index (χ3v) is 4.30. The Balaban J connectivity index is 2.50. The largest absolute Gasteiger partial charge is 0.450 e. The molecule has 1 amide bonds. The number of hydrogen-bond acceptors (Lipinski definition) is 4. The fourth-order valence-corrected chi connectivity index (χ4v) is 3.09. The minimum atomic E-state index is -0.750. The van der Waals surface area contributed by atoms with Crippen LogP contribution in [-0.4, -0.2) is 30.0 Å². The zero-order valence-electron chi connectivity index (χ0n) is 11.7. The highest BCUT2D eigenvalue weighted by Gasteiger charge is 2.15. The molecule has 0 aliphatic carbocycles. The van der Waals surface area contributed by atoms with Crippen LogP contribution >= 0.6 is 11.8 Å². The Morgan fingerprint density at radius 1 is 1.40 bits per heavy atom. The first-order chi connectivity index (χ1) is 9.63. The molecular formula is C15H21NO3S. The lowest BCUT2D eigenvalue weighted by Gasteiger charge is -2.20. The summed E-state index contributed by atoms with van der Waals surface area (Å²) in [7, 11) is 0. The number of carbonyl (C=O) groups is 2. The Morgan fingerprint density at radius 3 is 2.70 bits per heavy atom. The van der Waals surface area contributed by atoms with E-state index in [-0.39, 0.29) is 5.25 Å². The van der Waals surface area contributed by atoms with Crippen LogP contribution in [0.3, 0.4) is 0 Å². The summed E-state index contributed by atoms with van der Waals surface area (Å²) < 4.78 is 4.78. The summed E-state index contributed by atoms with van der Waals surface area (Å²) in [5.41, 5.74) is 6.22. The summed E-state index contributed by atoms with van der Waals surface area (Å²) in [6, 6.07) is 10.2. The van der Waals surface area contributed by atoms with E-state index in [1.807, 2.05) is 18.2 Å². The second-order valence-electron chi connectivity index (χ2n) is 4.63. The summed E-state index contributed by atoms with van der Waals surface area (Å²) in [6.45, 7) is 2.46. The SMILES string of the molecule is CC(CC(CCOC(N)=O)SCC=O)c1ccccc1. The van der Waals surface area contributed by atoms with Crippen molar-refractivity contribution in [2.24, 2.45) is 5.73 Å². The summed E-state index contributed by atoms with van der Waals surface area (Å²) >= 11 is 1.60. The second-order valence-corrected chi connectivity index (χ2v) is 5.96. The van der Waals surface area contributed by atoms with Gasteiger partial charge in [0, 0.05) is 11.0 Å². The van der Waals surface area contributed by atoms with E-state index in [0.717, 1.165) is 12.7 Å². The molecule has 2 N–H and O–H groups in total. The monoisotopic (exact) mass is 295 g/mol. The summed E-state index contributed by atoms with van der Waals surface area (Å²) in [4.78, 5) is 21.1. The molecule has 5 heteroatoms. The van der Waals surface area contributed by atoms with Crippen LogP contribution < -0.4 is 5.73 Å². The molecule has 4 nitrogen and oxygen atoms in total. The molecule has 0 aliphatic rings. The summed E-state index contributed by atoms with van der Waals surface area (Å²) in [6.07, 6.45) is 1.79. The van der Waals surface area contributed by atoms with Crippen LogP contribution in [0.4, 0.5) is 4.79 Å². The zero-order chi connectivity index (χ0) is 14.8. The number of ether oxygens (including phenoxy) is 1. The number of amides is 1. The third-order valence-electron chi connectivity index (χ3n) is 3.07. The molecule has 1 aromatic rings. The molecule has 0 saturated heterocycles. The van der Waals surface area contributed by atoms with E-state index in [4.69, 9.17) is 10.5 Å². The molecule has 0 heterocycles. The predicted molar refractivity (Wildman–Crippen MR) is 81.9 cm³/mol. The van der Waals surface area contributed by atoms with E-state index in [1.165, 1.54) is 5.56 Å². The minimum Gasteiger partial charge on any atom is -0.450 e. The maximum absolute atomic E-state index is 10.6. The molecule has 0 aliphatic heterocycles. The van der Waals surface area contributed by atoms with Crippen LogP contribution in [0.5, 0.6) is 0 Å². The van der Waals surface area contributed by atoms with Gasteiger partial charge in [-0.3, -0.25) is 0 Å². The van der Waals surface area contributed by atoms with Crippen LogP contribution in [0.2, 0.25) is 0 Å². The number of rotatable bonds is 9. The molecule has 2 atom stereocenters. The molecule has 20 heavy (non-hydrogen) atoms. The van der Waals surface area contributed by atoms with Gasteiger partial charge in [-0.1, -0.05) is 37.3 Å². The Morgan fingerprint density at radius 2 is 2.10 bits per heavy atom. The molecule has 0 saturated carbocycles. The second kappa shape index (κ2) is 9.42. The van der Waals surface area contributed by atoms with Gasteiger partial charge in [0.1, 0.15) is 6.29 Å². The van der Waals surface area contributed by atoms with Gasteiger partial charge in [-0.15, -0.1) is 0 Å². The van der Waals surface area contributed by atoms with Gasteiger partial charge in [0.05, 0.1) is 6.61 Å². The lowest BCUT2D eigenvalue weighted by Crippen LogP contribution is -2.17. The highest BCUT2D eigenvalue weighted by Crippen LogP contribution is 2.28. The topological polar surface area (TPSA) is 69.4 Å². The molecule has 0 spiro atoms. The van der Waals surface area contributed by atoms with Gasteiger partial charge in [-0.05, 0) is 24.3 Å². The standard InChI is InChI=1S/C15H21NO3S/c1-12(13-5-3-2-4-6-13)11-14(20-10-8-17)7-9-19-15(16)18/h2-6,8,12,14H,7,9-11H2,1H3,(H2,16,18). The maximum Gasteiger partial charge on any atom is 0.404 e. The molecule has 110 valence electrons. The lowest BCUT2D eigenvalue weighted by atomic mass is 9.95. The van der Waals surface area contributed by atoms with Gasteiger partial charge in [0.15, 0.2) is 0 Å². The Bertz CT molecular complexity index is 411. The van der Waals surface area contributed by atoms with Crippen LogP contribution in [0.15, 0.2) is 30.3 Å². The molecule has 0 radical (unpaired) electrons. The van der Waals surface area contributed by atoms with E-state index in [0.29, 0.717) is 24.7 Å². The number of carbonyl (C=O) groups excluding carboxylic acids is 2. The van der Waals surface area contributed by atoms with Crippen LogP contribution in [0.1, 0.15) is 31.2 Å². The Labute approximate surface area is 124 Å². The molecule has 2 unspecified atom stereocenters. The van der Waals surface area contributed by atoms with Crippen LogP contribution in [-0.2, 0) is 9.53 Å². The third kappa shape index (κ3) is 6.61. The van der Waals surface area contributed by atoms with Crippen LogP contribution in [0.25, 0.3) is 0 Å².